The molecule has 1 aliphatic rings. The number of carbonyl (C=O) groups excluding carboxylic acids is 1. The first kappa shape index (κ1) is 18.8. The van der Waals surface area contributed by atoms with Crippen LogP contribution in [0.1, 0.15) is 31.7 Å². The van der Waals surface area contributed by atoms with Crippen molar-refractivity contribution in [2.45, 2.75) is 39.2 Å². The first-order chi connectivity index (χ1) is 10.2. The highest BCUT2D eigenvalue weighted by Gasteiger charge is 2.21. The summed E-state index contributed by atoms with van der Waals surface area (Å²) in [6.45, 7) is 6.51. The van der Waals surface area contributed by atoms with Gasteiger partial charge < -0.3 is 15.4 Å². The maximum atomic E-state index is 12.1. The topological polar surface area (TPSA) is 50.4 Å². The number of carbonyl (C=O) groups is 1. The standard InChI is InChI=1S/C17H26N2O2.ClH/c1-3-15(21-16-8-4-6-13(2)10-16)12-19-17(20)14-7-5-9-18-11-14;/h4,6,8,10,14-15,18H,3,5,7,9,11-12H2,1-2H3,(H,19,20);1H. The summed E-state index contributed by atoms with van der Waals surface area (Å²) < 4.78 is 5.95. The van der Waals surface area contributed by atoms with E-state index in [1.807, 2.05) is 31.2 Å². The van der Waals surface area contributed by atoms with Gasteiger partial charge in [-0.1, -0.05) is 19.1 Å². The summed E-state index contributed by atoms with van der Waals surface area (Å²) in [5.74, 6) is 1.12. The van der Waals surface area contributed by atoms with Gasteiger partial charge in [-0.05, 0) is 50.4 Å². The van der Waals surface area contributed by atoms with Crippen LogP contribution in [0.25, 0.3) is 0 Å². The molecule has 1 aromatic carbocycles. The van der Waals surface area contributed by atoms with Crippen LogP contribution in [-0.4, -0.2) is 31.6 Å². The van der Waals surface area contributed by atoms with Crippen LogP contribution in [0.4, 0.5) is 0 Å². The molecule has 2 unspecified atom stereocenters. The van der Waals surface area contributed by atoms with Gasteiger partial charge in [-0.2, -0.15) is 0 Å². The predicted octanol–water partition coefficient (Wildman–Crippen LogP) is 2.69. The van der Waals surface area contributed by atoms with Crippen LogP contribution >= 0.6 is 12.4 Å². The molecule has 0 aliphatic carbocycles. The molecular weight excluding hydrogens is 300 g/mol. The van der Waals surface area contributed by atoms with Gasteiger partial charge in [-0.3, -0.25) is 4.79 Å². The predicted molar refractivity (Wildman–Crippen MR) is 91.7 cm³/mol. The lowest BCUT2D eigenvalue weighted by atomic mass is 9.99. The molecule has 1 aliphatic heterocycles. The Labute approximate surface area is 139 Å². The third-order valence-corrected chi connectivity index (χ3v) is 3.92. The zero-order valence-electron chi connectivity index (χ0n) is 13.4. The average Bonchev–Trinajstić information content (AvgIpc) is 2.52. The molecule has 22 heavy (non-hydrogen) atoms. The van der Waals surface area contributed by atoms with E-state index in [0.717, 1.165) is 38.1 Å². The van der Waals surface area contributed by atoms with Crippen molar-refractivity contribution >= 4 is 18.3 Å². The molecule has 2 N–H and O–H groups in total. The molecule has 0 saturated carbocycles. The quantitative estimate of drug-likeness (QED) is 0.845. The molecule has 0 spiro atoms. The van der Waals surface area contributed by atoms with E-state index >= 15 is 0 Å². The van der Waals surface area contributed by atoms with Gasteiger partial charge in [0.15, 0.2) is 0 Å². The summed E-state index contributed by atoms with van der Waals surface area (Å²) >= 11 is 0. The van der Waals surface area contributed by atoms with E-state index in [2.05, 4.69) is 17.6 Å². The first-order valence-corrected chi connectivity index (χ1v) is 7.90. The molecule has 1 amide bonds. The molecule has 4 nitrogen and oxygen atoms in total. The van der Waals surface area contributed by atoms with Crippen LogP contribution in [0, 0.1) is 12.8 Å². The number of ether oxygens (including phenoxy) is 1. The van der Waals surface area contributed by atoms with E-state index < -0.39 is 0 Å². The van der Waals surface area contributed by atoms with E-state index in [9.17, 15) is 4.79 Å². The van der Waals surface area contributed by atoms with Crippen molar-refractivity contribution in [1.82, 2.24) is 10.6 Å². The Morgan fingerprint density at radius 3 is 2.95 bits per heavy atom. The highest BCUT2D eigenvalue weighted by atomic mass is 35.5. The summed E-state index contributed by atoms with van der Waals surface area (Å²) in [7, 11) is 0. The molecule has 124 valence electrons. The zero-order chi connectivity index (χ0) is 15.1. The molecule has 0 bridgehead atoms. The number of piperidine rings is 1. The molecule has 1 heterocycles. The Balaban J connectivity index is 0.00000242. The van der Waals surface area contributed by atoms with Gasteiger partial charge in [0.25, 0.3) is 0 Å². The highest BCUT2D eigenvalue weighted by Crippen LogP contribution is 2.15. The molecule has 2 atom stereocenters. The number of hydrogen-bond acceptors (Lipinski definition) is 3. The fourth-order valence-corrected chi connectivity index (χ4v) is 2.58. The van der Waals surface area contributed by atoms with Gasteiger partial charge in [0.2, 0.25) is 5.91 Å². The fourth-order valence-electron chi connectivity index (χ4n) is 2.58. The van der Waals surface area contributed by atoms with Crippen LogP contribution in [0.2, 0.25) is 0 Å². The second-order valence-corrected chi connectivity index (χ2v) is 5.75. The number of nitrogens with one attached hydrogen (secondary N) is 2. The Hall–Kier alpha value is -1.26. The Morgan fingerprint density at radius 1 is 1.50 bits per heavy atom. The number of rotatable bonds is 6. The van der Waals surface area contributed by atoms with Gasteiger partial charge in [-0.15, -0.1) is 12.4 Å². The summed E-state index contributed by atoms with van der Waals surface area (Å²) in [5.41, 5.74) is 1.18. The van der Waals surface area contributed by atoms with E-state index in [1.54, 1.807) is 0 Å². The van der Waals surface area contributed by atoms with Gasteiger partial charge in [-0.25, -0.2) is 0 Å². The fraction of sp³-hybridized carbons (Fsp3) is 0.588. The maximum absolute atomic E-state index is 12.1. The number of aryl methyl sites for hydroxylation is 1. The lowest BCUT2D eigenvalue weighted by molar-refractivity contribution is -0.125. The first-order valence-electron chi connectivity index (χ1n) is 7.90. The van der Waals surface area contributed by atoms with Crippen LogP contribution in [0.5, 0.6) is 5.75 Å². The molecule has 1 saturated heterocycles. The third kappa shape index (κ3) is 5.85. The molecule has 1 fully saturated rings. The van der Waals surface area contributed by atoms with Gasteiger partial charge in [0.05, 0.1) is 12.5 Å². The second-order valence-electron chi connectivity index (χ2n) is 5.75. The Kier molecular flexibility index (Phi) is 8.28. The molecular formula is C17H27ClN2O2. The minimum atomic E-state index is 0. The summed E-state index contributed by atoms with van der Waals surface area (Å²) in [4.78, 5) is 12.1. The van der Waals surface area contributed by atoms with Gasteiger partial charge >= 0.3 is 0 Å². The number of amides is 1. The third-order valence-electron chi connectivity index (χ3n) is 3.92. The molecule has 0 aromatic heterocycles. The molecule has 0 radical (unpaired) electrons. The zero-order valence-corrected chi connectivity index (χ0v) is 14.2. The van der Waals surface area contributed by atoms with Crippen LogP contribution < -0.4 is 15.4 Å². The normalized spacial score (nSPS) is 18.9. The lowest BCUT2D eigenvalue weighted by Gasteiger charge is -2.24. The van der Waals surface area contributed by atoms with Crippen molar-refractivity contribution in [2.75, 3.05) is 19.6 Å². The van der Waals surface area contributed by atoms with Crippen molar-refractivity contribution in [3.63, 3.8) is 0 Å². The minimum absolute atomic E-state index is 0. The van der Waals surface area contributed by atoms with Crippen molar-refractivity contribution in [2.24, 2.45) is 5.92 Å². The van der Waals surface area contributed by atoms with Gasteiger partial charge in [0, 0.05) is 6.54 Å². The van der Waals surface area contributed by atoms with Gasteiger partial charge in [0.1, 0.15) is 11.9 Å². The smallest absolute Gasteiger partial charge is 0.224 e. The number of benzene rings is 1. The van der Waals surface area contributed by atoms with Crippen molar-refractivity contribution in [3.05, 3.63) is 29.8 Å². The van der Waals surface area contributed by atoms with Crippen molar-refractivity contribution in [1.29, 1.82) is 0 Å². The van der Waals surface area contributed by atoms with E-state index in [4.69, 9.17) is 4.74 Å². The Morgan fingerprint density at radius 2 is 2.32 bits per heavy atom. The molecule has 5 heteroatoms. The average molecular weight is 327 g/mol. The summed E-state index contributed by atoms with van der Waals surface area (Å²) in [6.07, 6.45) is 2.95. The van der Waals surface area contributed by atoms with E-state index in [-0.39, 0.29) is 30.3 Å². The Bertz CT molecular complexity index is 462. The monoisotopic (exact) mass is 326 g/mol. The maximum Gasteiger partial charge on any atom is 0.224 e. The molecule has 1 aromatic rings. The summed E-state index contributed by atoms with van der Waals surface area (Å²) in [5, 5.41) is 6.31. The number of halogens is 1. The largest absolute Gasteiger partial charge is 0.489 e. The minimum Gasteiger partial charge on any atom is -0.489 e. The lowest BCUT2D eigenvalue weighted by Crippen LogP contribution is -2.43. The SMILES string of the molecule is CCC(CNC(=O)C1CCCNC1)Oc1cccc(C)c1.Cl. The summed E-state index contributed by atoms with van der Waals surface area (Å²) in [6, 6.07) is 8.02. The second kappa shape index (κ2) is 9.70. The van der Waals surface area contributed by atoms with E-state index in [1.165, 1.54) is 5.56 Å². The van der Waals surface area contributed by atoms with Crippen molar-refractivity contribution in [3.8, 4) is 5.75 Å². The molecule has 2 rings (SSSR count). The van der Waals surface area contributed by atoms with Crippen LogP contribution in [-0.2, 0) is 4.79 Å². The van der Waals surface area contributed by atoms with E-state index in [0.29, 0.717) is 6.54 Å². The highest BCUT2D eigenvalue weighted by molar-refractivity contribution is 5.85. The van der Waals surface area contributed by atoms with Crippen LogP contribution in [0.15, 0.2) is 24.3 Å². The number of hydrogen-bond donors (Lipinski definition) is 2. The van der Waals surface area contributed by atoms with Crippen LogP contribution in [0.3, 0.4) is 0 Å². The van der Waals surface area contributed by atoms with Crippen molar-refractivity contribution < 1.29 is 9.53 Å².